The summed E-state index contributed by atoms with van der Waals surface area (Å²) >= 11 is 1.61. The number of hydrogen-bond acceptors (Lipinski definition) is 6. The van der Waals surface area contributed by atoms with Gasteiger partial charge < -0.3 is 10.1 Å². The lowest BCUT2D eigenvalue weighted by atomic mass is 9.73. The molecule has 3 aromatic rings. The van der Waals surface area contributed by atoms with Crippen molar-refractivity contribution in [2.45, 2.75) is 76.2 Å². The predicted molar refractivity (Wildman–Crippen MR) is 149 cm³/mol. The number of thioether (sulfide) groups is 1. The Balaban J connectivity index is 1.41. The molecule has 0 spiro atoms. The lowest BCUT2D eigenvalue weighted by Crippen LogP contribution is -2.36. The molecule has 2 heterocycles. The van der Waals surface area contributed by atoms with Crippen LogP contribution >= 0.6 is 11.8 Å². The summed E-state index contributed by atoms with van der Waals surface area (Å²) < 4.78 is 7.86. The van der Waals surface area contributed by atoms with Crippen molar-refractivity contribution < 1.29 is 9.53 Å². The summed E-state index contributed by atoms with van der Waals surface area (Å²) in [7, 11) is 0. The molecule has 1 atom stereocenters. The van der Waals surface area contributed by atoms with Gasteiger partial charge in [0.05, 0.1) is 6.61 Å². The molecule has 5 rings (SSSR count). The van der Waals surface area contributed by atoms with Gasteiger partial charge in [0.1, 0.15) is 11.8 Å². The normalized spacial score (nSPS) is 18.2. The van der Waals surface area contributed by atoms with Crippen LogP contribution in [0.15, 0.2) is 71.0 Å². The van der Waals surface area contributed by atoms with E-state index < -0.39 is 0 Å². The van der Waals surface area contributed by atoms with Crippen LogP contribution in [-0.2, 0) is 10.5 Å². The van der Waals surface area contributed by atoms with Crippen molar-refractivity contribution in [3.05, 3.63) is 77.0 Å². The standard InChI is InChI=1S/C30H36N4O2S/c1-4-5-6-10-17-36-23-15-13-22(14-16-23)27-26-24(18-30(2,3)19-25(26)35)31-28-32-29(33-34(27)28)37-20-21-11-8-7-9-12-21/h7-9,11-16,27H,4-6,10,17-20H2,1-3H3,(H,31,32,33). The summed E-state index contributed by atoms with van der Waals surface area (Å²) in [6.07, 6.45) is 6.06. The molecule has 0 bridgehead atoms. The van der Waals surface area contributed by atoms with Crippen molar-refractivity contribution in [2.24, 2.45) is 5.41 Å². The summed E-state index contributed by atoms with van der Waals surface area (Å²) in [5.41, 5.74) is 3.94. The minimum atomic E-state index is -0.299. The number of rotatable bonds is 10. The molecule has 1 unspecified atom stereocenters. The summed E-state index contributed by atoms with van der Waals surface area (Å²) in [5, 5.41) is 9.05. The number of unbranched alkanes of at least 4 members (excludes halogenated alkanes) is 3. The van der Waals surface area contributed by atoms with Crippen LogP contribution < -0.4 is 10.1 Å². The first-order chi connectivity index (χ1) is 17.9. The average Bonchev–Trinajstić information content (AvgIpc) is 3.29. The summed E-state index contributed by atoms with van der Waals surface area (Å²) in [5.74, 6) is 2.52. The van der Waals surface area contributed by atoms with Crippen molar-refractivity contribution >= 4 is 23.5 Å². The Morgan fingerprint density at radius 2 is 1.84 bits per heavy atom. The van der Waals surface area contributed by atoms with Gasteiger partial charge >= 0.3 is 0 Å². The molecule has 1 aliphatic heterocycles. The number of Topliss-reactive ketones (excluding diaryl/α,β-unsaturated/α-hetero) is 1. The van der Waals surface area contributed by atoms with Crippen LogP contribution in [0.5, 0.6) is 5.75 Å². The third kappa shape index (κ3) is 5.93. The first-order valence-electron chi connectivity index (χ1n) is 13.3. The van der Waals surface area contributed by atoms with E-state index in [1.807, 2.05) is 35.0 Å². The van der Waals surface area contributed by atoms with E-state index in [1.165, 1.54) is 24.8 Å². The van der Waals surface area contributed by atoms with E-state index in [1.54, 1.807) is 11.8 Å². The van der Waals surface area contributed by atoms with E-state index in [-0.39, 0.29) is 17.2 Å². The van der Waals surface area contributed by atoms with Crippen LogP contribution in [0, 0.1) is 5.41 Å². The number of nitrogens with zero attached hydrogens (tertiary/aromatic N) is 3. The highest BCUT2D eigenvalue weighted by Crippen LogP contribution is 2.45. The molecule has 2 aliphatic rings. The second kappa shape index (κ2) is 11.1. The maximum atomic E-state index is 13.5. The second-order valence-electron chi connectivity index (χ2n) is 10.8. The smallest absolute Gasteiger partial charge is 0.227 e. The molecule has 0 saturated carbocycles. The number of ether oxygens (including phenoxy) is 1. The first kappa shape index (κ1) is 25.6. The van der Waals surface area contributed by atoms with Crippen molar-refractivity contribution in [3.63, 3.8) is 0 Å². The molecular weight excluding hydrogens is 480 g/mol. The van der Waals surface area contributed by atoms with Gasteiger partial charge in [-0.3, -0.25) is 4.79 Å². The number of nitrogens with one attached hydrogen (secondary N) is 1. The van der Waals surface area contributed by atoms with E-state index in [0.29, 0.717) is 17.5 Å². The van der Waals surface area contributed by atoms with E-state index in [0.717, 1.165) is 47.8 Å². The minimum absolute atomic E-state index is 0.0873. The molecule has 0 radical (unpaired) electrons. The molecule has 194 valence electrons. The SMILES string of the molecule is CCCCCCOc1ccc(C2C3=C(CC(C)(C)CC3=O)Nc3nc(SCc4ccccc4)nn32)cc1. The number of anilines is 1. The van der Waals surface area contributed by atoms with Gasteiger partial charge in [-0.2, -0.15) is 4.98 Å². The second-order valence-corrected chi connectivity index (χ2v) is 11.7. The Hall–Kier alpha value is -3.06. The summed E-state index contributed by atoms with van der Waals surface area (Å²) in [6.45, 7) is 7.24. The number of benzene rings is 2. The van der Waals surface area contributed by atoms with E-state index in [2.05, 4.69) is 50.4 Å². The number of carbonyl (C=O) groups excluding carboxylic acids is 1. The molecular formula is C30H36N4O2S. The lowest BCUT2D eigenvalue weighted by Gasteiger charge is -2.38. The fraction of sp³-hybridized carbons (Fsp3) is 0.433. The minimum Gasteiger partial charge on any atom is -0.494 e. The zero-order valence-corrected chi connectivity index (χ0v) is 22.8. The summed E-state index contributed by atoms with van der Waals surface area (Å²) in [6, 6.07) is 18.2. The zero-order valence-electron chi connectivity index (χ0n) is 22.0. The molecule has 0 fully saturated rings. The van der Waals surface area contributed by atoms with E-state index in [9.17, 15) is 4.79 Å². The monoisotopic (exact) mass is 516 g/mol. The average molecular weight is 517 g/mol. The van der Waals surface area contributed by atoms with Crippen LogP contribution in [0.2, 0.25) is 0 Å². The lowest BCUT2D eigenvalue weighted by molar-refractivity contribution is -0.118. The van der Waals surface area contributed by atoms with Gasteiger partial charge in [-0.1, -0.05) is 94.3 Å². The molecule has 1 N–H and O–H groups in total. The molecule has 37 heavy (non-hydrogen) atoms. The maximum absolute atomic E-state index is 13.5. The van der Waals surface area contributed by atoms with Crippen molar-refractivity contribution in [1.82, 2.24) is 14.8 Å². The fourth-order valence-electron chi connectivity index (χ4n) is 5.15. The van der Waals surface area contributed by atoms with E-state index >= 15 is 0 Å². The van der Waals surface area contributed by atoms with Crippen LogP contribution in [0.3, 0.4) is 0 Å². The Morgan fingerprint density at radius 1 is 1.05 bits per heavy atom. The zero-order chi connectivity index (χ0) is 25.8. The Morgan fingerprint density at radius 3 is 2.59 bits per heavy atom. The van der Waals surface area contributed by atoms with Gasteiger partial charge in [0, 0.05) is 23.4 Å². The molecule has 1 aromatic heterocycles. The molecule has 2 aromatic carbocycles. The Bertz CT molecular complexity index is 1260. The molecule has 7 heteroatoms. The largest absolute Gasteiger partial charge is 0.494 e. The number of hydrogen-bond donors (Lipinski definition) is 1. The number of fused-ring (bicyclic) bond motifs is 1. The van der Waals surface area contributed by atoms with Crippen LogP contribution in [0.1, 0.15) is 76.5 Å². The molecule has 0 amide bonds. The third-order valence-corrected chi connectivity index (χ3v) is 7.89. The van der Waals surface area contributed by atoms with Crippen LogP contribution in [0.25, 0.3) is 0 Å². The Kier molecular flexibility index (Phi) is 7.70. The topological polar surface area (TPSA) is 69.0 Å². The van der Waals surface area contributed by atoms with Gasteiger partial charge in [0.2, 0.25) is 11.1 Å². The highest BCUT2D eigenvalue weighted by atomic mass is 32.2. The number of ketones is 1. The quantitative estimate of drug-likeness (QED) is 0.227. The van der Waals surface area contributed by atoms with Gasteiger partial charge in [-0.05, 0) is 41.5 Å². The van der Waals surface area contributed by atoms with Crippen LogP contribution in [0.4, 0.5) is 5.95 Å². The Labute approximate surface area is 223 Å². The molecule has 0 saturated heterocycles. The van der Waals surface area contributed by atoms with Crippen LogP contribution in [-0.4, -0.2) is 27.2 Å². The summed E-state index contributed by atoms with van der Waals surface area (Å²) in [4.78, 5) is 18.3. The van der Waals surface area contributed by atoms with Crippen molar-refractivity contribution in [2.75, 3.05) is 11.9 Å². The predicted octanol–water partition coefficient (Wildman–Crippen LogP) is 7.19. The van der Waals surface area contributed by atoms with Gasteiger partial charge in [0.25, 0.3) is 0 Å². The third-order valence-electron chi connectivity index (χ3n) is 6.99. The van der Waals surface area contributed by atoms with Gasteiger partial charge in [-0.25, -0.2) is 4.68 Å². The number of carbonyl (C=O) groups is 1. The van der Waals surface area contributed by atoms with Gasteiger partial charge in [0.15, 0.2) is 5.78 Å². The fourth-order valence-corrected chi connectivity index (χ4v) is 5.93. The molecule has 1 aliphatic carbocycles. The van der Waals surface area contributed by atoms with E-state index in [4.69, 9.17) is 14.8 Å². The van der Waals surface area contributed by atoms with Crippen molar-refractivity contribution in [3.8, 4) is 5.75 Å². The van der Waals surface area contributed by atoms with Gasteiger partial charge in [-0.15, -0.1) is 5.10 Å². The molecule has 6 nitrogen and oxygen atoms in total. The number of aromatic nitrogens is 3. The maximum Gasteiger partial charge on any atom is 0.227 e. The highest BCUT2D eigenvalue weighted by molar-refractivity contribution is 7.98. The highest BCUT2D eigenvalue weighted by Gasteiger charge is 2.41. The van der Waals surface area contributed by atoms with Crippen molar-refractivity contribution in [1.29, 1.82) is 0 Å². The number of allylic oxidation sites excluding steroid dienone is 2. The first-order valence-corrected chi connectivity index (χ1v) is 14.3.